The second-order valence-electron chi connectivity index (χ2n) is 9.97. The number of hydrogen-bond acceptors (Lipinski definition) is 10. The molecule has 0 aliphatic rings. The van der Waals surface area contributed by atoms with Gasteiger partial charge >= 0.3 is 6.18 Å². The normalized spacial score (nSPS) is 14.9. The second-order valence-corrected chi connectivity index (χ2v) is 12.0. The Balaban J connectivity index is 1.89. The van der Waals surface area contributed by atoms with Crippen LogP contribution in [0.5, 0.6) is 11.5 Å². The molecular formula is C28H31F3N6O6S. The number of benzene rings is 2. The zero-order valence-electron chi connectivity index (χ0n) is 24.6. The Morgan fingerprint density at radius 3 is 2.11 bits per heavy atom. The molecule has 0 bridgehead atoms. The second kappa shape index (κ2) is 12.4. The maximum atomic E-state index is 13.7. The molecule has 0 spiro atoms. The number of nitrogens with one attached hydrogen (secondary N) is 1. The maximum Gasteiger partial charge on any atom is 0.421 e. The van der Waals surface area contributed by atoms with Crippen LogP contribution in [0, 0.1) is 6.92 Å². The summed E-state index contributed by atoms with van der Waals surface area (Å²) in [5, 5.41) is 17.3. The summed E-state index contributed by atoms with van der Waals surface area (Å²) in [6, 6.07) is 9.72. The first kappa shape index (κ1) is 32.6. The molecule has 12 nitrogen and oxygen atoms in total. The fraction of sp³-hybridized carbons (Fsp3) is 0.357. The molecule has 0 aliphatic heterocycles. The van der Waals surface area contributed by atoms with Crippen molar-refractivity contribution in [1.82, 2.24) is 24.7 Å². The lowest BCUT2D eigenvalue weighted by atomic mass is 9.93. The van der Waals surface area contributed by atoms with E-state index in [-0.39, 0.29) is 40.3 Å². The number of alkyl halides is 3. The molecule has 0 amide bonds. The average molecular weight is 637 g/mol. The molecular weight excluding hydrogens is 605 g/mol. The van der Waals surface area contributed by atoms with E-state index in [0.29, 0.717) is 6.92 Å². The molecule has 0 aliphatic carbocycles. The predicted octanol–water partition coefficient (Wildman–Crippen LogP) is 4.34. The van der Waals surface area contributed by atoms with Crippen LogP contribution in [0.1, 0.15) is 36.9 Å². The number of aliphatic hydroxyl groups is 1. The zero-order chi connectivity index (χ0) is 32.4. The number of aryl methyl sites for hydroxylation is 1. The Labute approximate surface area is 251 Å². The number of rotatable bonds is 11. The Kier molecular flexibility index (Phi) is 9.18. The van der Waals surface area contributed by atoms with Crippen molar-refractivity contribution < 1.29 is 40.9 Å². The number of para-hydroxylation sites is 1. The summed E-state index contributed by atoms with van der Waals surface area (Å²) < 4.78 is 88.7. The molecule has 0 fully saturated rings. The van der Waals surface area contributed by atoms with Gasteiger partial charge in [0.05, 0.1) is 14.2 Å². The average Bonchev–Trinajstić information content (AvgIpc) is 3.39. The molecule has 2 unspecified atom stereocenters. The standard InChI is InChI=1S/C28H31F3N6O6S/c1-16-14-32-24(33-15-16)23(43-6)17(2)44(39,40)36-26-35-34-25(37(26)22-20(41-4)11-8-12-21(22)42-5)18-9-7-10-19(13-18)27(3,38)28(29,30)31/h7-15,17,23,38H,1-6H3,(H,35,36)/t17?,23?,27-/m1/s1. The summed E-state index contributed by atoms with van der Waals surface area (Å²) in [7, 11) is -0.248. The molecule has 16 heteroatoms. The van der Waals surface area contributed by atoms with Crippen molar-refractivity contribution in [2.24, 2.45) is 0 Å². The van der Waals surface area contributed by atoms with Crippen LogP contribution < -0.4 is 14.2 Å². The Morgan fingerprint density at radius 1 is 0.977 bits per heavy atom. The van der Waals surface area contributed by atoms with Crippen LogP contribution in [0.4, 0.5) is 19.1 Å². The largest absolute Gasteiger partial charge is 0.494 e. The monoisotopic (exact) mass is 636 g/mol. The van der Waals surface area contributed by atoms with Gasteiger partial charge in [0.25, 0.3) is 0 Å². The van der Waals surface area contributed by atoms with E-state index >= 15 is 0 Å². The van der Waals surface area contributed by atoms with Crippen LogP contribution >= 0.6 is 0 Å². The minimum absolute atomic E-state index is 0.0776. The van der Waals surface area contributed by atoms with E-state index in [9.17, 15) is 26.7 Å². The first-order chi connectivity index (χ1) is 20.7. The Bertz CT molecular complexity index is 1710. The van der Waals surface area contributed by atoms with Gasteiger partial charge in [-0.15, -0.1) is 10.2 Å². The lowest BCUT2D eigenvalue weighted by Gasteiger charge is -2.27. The molecule has 0 saturated heterocycles. The predicted molar refractivity (Wildman–Crippen MR) is 154 cm³/mol. The molecule has 4 rings (SSSR count). The van der Waals surface area contributed by atoms with Crippen molar-refractivity contribution in [3.63, 3.8) is 0 Å². The highest BCUT2D eigenvalue weighted by Crippen LogP contribution is 2.41. The van der Waals surface area contributed by atoms with Gasteiger partial charge < -0.3 is 19.3 Å². The Hall–Kier alpha value is -4.28. The quantitative estimate of drug-likeness (QED) is 0.243. The van der Waals surface area contributed by atoms with Crippen molar-refractivity contribution in [3.8, 4) is 28.6 Å². The minimum Gasteiger partial charge on any atom is -0.494 e. The van der Waals surface area contributed by atoms with E-state index in [1.165, 1.54) is 57.3 Å². The molecule has 0 radical (unpaired) electrons. The van der Waals surface area contributed by atoms with Crippen molar-refractivity contribution in [2.45, 2.75) is 43.9 Å². The van der Waals surface area contributed by atoms with Gasteiger partial charge in [-0.25, -0.2) is 18.4 Å². The lowest BCUT2D eigenvalue weighted by molar-refractivity contribution is -0.258. The summed E-state index contributed by atoms with van der Waals surface area (Å²) in [5.41, 5.74) is -2.66. The highest BCUT2D eigenvalue weighted by Gasteiger charge is 2.51. The van der Waals surface area contributed by atoms with E-state index < -0.39 is 38.7 Å². The van der Waals surface area contributed by atoms with Gasteiger partial charge in [0.1, 0.15) is 28.5 Å². The third-order valence-electron chi connectivity index (χ3n) is 6.98. The van der Waals surface area contributed by atoms with Gasteiger partial charge in [-0.1, -0.05) is 24.3 Å². The minimum atomic E-state index is -4.98. The number of methoxy groups -OCH3 is 3. The number of anilines is 1. The highest BCUT2D eigenvalue weighted by molar-refractivity contribution is 7.93. The number of aromatic nitrogens is 5. The summed E-state index contributed by atoms with van der Waals surface area (Å²) in [5.74, 6) is 0.142. The zero-order valence-corrected chi connectivity index (χ0v) is 25.4. The molecule has 2 N–H and O–H groups in total. The summed E-state index contributed by atoms with van der Waals surface area (Å²) in [6.07, 6.45) is -3.00. The van der Waals surface area contributed by atoms with Crippen LogP contribution in [-0.4, -0.2) is 71.0 Å². The van der Waals surface area contributed by atoms with Gasteiger partial charge in [-0.2, -0.15) is 13.2 Å². The third kappa shape index (κ3) is 6.18. The fourth-order valence-electron chi connectivity index (χ4n) is 4.37. The topological polar surface area (TPSA) is 151 Å². The number of hydrogen-bond donors (Lipinski definition) is 2. The maximum absolute atomic E-state index is 13.7. The lowest BCUT2D eigenvalue weighted by Crippen LogP contribution is -2.39. The summed E-state index contributed by atoms with van der Waals surface area (Å²) >= 11 is 0. The molecule has 2 aromatic heterocycles. The first-order valence-electron chi connectivity index (χ1n) is 13.1. The van der Waals surface area contributed by atoms with Crippen molar-refractivity contribution in [1.29, 1.82) is 0 Å². The van der Waals surface area contributed by atoms with Gasteiger partial charge in [0.2, 0.25) is 16.0 Å². The van der Waals surface area contributed by atoms with Gasteiger partial charge in [0.15, 0.2) is 17.2 Å². The van der Waals surface area contributed by atoms with Gasteiger partial charge in [0, 0.05) is 25.1 Å². The fourth-order valence-corrected chi connectivity index (χ4v) is 5.50. The smallest absolute Gasteiger partial charge is 0.421 e. The molecule has 44 heavy (non-hydrogen) atoms. The van der Waals surface area contributed by atoms with Crippen molar-refractivity contribution >= 4 is 16.0 Å². The van der Waals surface area contributed by atoms with Crippen LogP contribution in [0.2, 0.25) is 0 Å². The third-order valence-corrected chi connectivity index (χ3v) is 8.68. The SMILES string of the molecule is COc1cccc(OC)c1-n1c(NS(=O)(=O)C(C)C(OC)c2ncc(C)cn2)nnc1-c1cccc([C@@](C)(O)C(F)(F)F)c1. The van der Waals surface area contributed by atoms with E-state index in [0.717, 1.165) is 17.7 Å². The number of ether oxygens (including phenoxy) is 3. The number of sulfonamides is 1. The van der Waals surface area contributed by atoms with Crippen LogP contribution in [0.15, 0.2) is 54.9 Å². The summed E-state index contributed by atoms with van der Waals surface area (Å²) in [4.78, 5) is 8.39. The molecule has 3 atom stereocenters. The molecule has 0 saturated carbocycles. The first-order valence-corrected chi connectivity index (χ1v) is 14.6. The molecule has 2 heterocycles. The van der Waals surface area contributed by atoms with Crippen LogP contribution in [-0.2, 0) is 20.4 Å². The van der Waals surface area contributed by atoms with Crippen molar-refractivity contribution in [3.05, 3.63) is 71.8 Å². The molecule has 2 aromatic carbocycles. The van der Waals surface area contributed by atoms with Crippen LogP contribution in [0.3, 0.4) is 0 Å². The summed E-state index contributed by atoms with van der Waals surface area (Å²) in [6.45, 7) is 3.81. The van der Waals surface area contributed by atoms with Crippen LogP contribution in [0.25, 0.3) is 17.1 Å². The van der Waals surface area contributed by atoms with Crippen molar-refractivity contribution in [2.75, 3.05) is 26.1 Å². The molecule has 236 valence electrons. The number of halogens is 3. The number of nitrogens with zero attached hydrogens (tertiary/aromatic N) is 5. The van der Waals surface area contributed by atoms with E-state index in [2.05, 4.69) is 24.9 Å². The highest BCUT2D eigenvalue weighted by atomic mass is 32.2. The van der Waals surface area contributed by atoms with E-state index in [1.54, 1.807) is 25.1 Å². The van der Waals surface area contributed by atoms with E-state index in [1.807, 2.05) is 0 Å². The van der Waals surface area contributed by atoms with Gasteiger partial charge in [-0.05, 0) is 50.1 Å². The van der Waals surface area contributed by atoms with Gasteiger partial charge in [-0.3, -0.25) is 9.29 Å². The van der Waals surface area contributed by atoms with E-state index in [4.69, 9.17) is 14.2 Å². The molecule has 4 aromatic rings. The Morgan fingerprint density at radius 2 is 1.57 bits per heavy atom.